The van der Waals surface area contributed by atoms with Crippen LogP contribution in [0.3, 0.4) is 0 Å². The zero-order valence-corrected chi connectivity index (χ0v) is 8.27. The minimum Gasteiger partial charge on any atom is -0.501 e. The second-order valence-electron chi connectivity index (χ2n) is 3.04. The Bertz CT molecular complexity index is 301. The summed E-state index contributed by atoms with van der Waals surface area (Å²) < 4.78 is 4.74. The van der Waals surface area contributed by atoms with Crippen molar-refractivity contribution in [3.8, 4) is 0 Å². The van der Waals surface area contributed by atoms with Crippen LogP contribution in [0.1, 0.15) is 12.0 Å². The normalized spacial score (nSPS) is 13.9. The number of hydrogen-bond acceptors (Lipinski definition) is 2. The summed E-state index contributed by atoms with van der Waals surface area (Å²) in [5.74, 6) is 0.159. The predicted molar refractivity (Wildman–Crippen MR) is 55.9 cm³/mol. The first-order valence-electron chi connectivity index (χ1n) is 4.61. The predicted octanol–water partition coefficient (Wildman–Crippen LogP) is 2.48. The van der Waals surface area contributed by atoms with Crippen LogP contribution in [-0.4, -0.2) is 12.4 Å². The van der Waals surface area contributed by atoms with Gasteiger partial charge >= 0.3 is 0 Å². The van der Waals surface area contributed by atoms with Crippen molar-refractivity contribution in [2.24, 2.45) is 0 Å². The van der Waals surface area contributed by atoms with Crippen molar-refractivity contribution >= 4 is 5.78 Å². The van der Waals surface area contributed by atoms with Crippen molar-refractivity contribution < 1.29 is 9.53 Å². The third kappa shape index (κ3) is 4.45. The molecular weight excluding hydrogens is 176 g/mol. The topological polar surface area (TPSA) is 26.3 Å². The number of carbonyl (C=O) groups excluding carboxylic acids is 1. The van der Waals surface area contributed by atoms with E-state index in [0.717, 1.165) is 0 Å². The lowest BCUT2D eigenvalue weighted by Crippen LogP contribution is -2.03. The lowest BCUT2D eigenvalue weighted by atomic mass is 10.2. The molecule has 0 fully saturated rings. The van der Waals surface area contributed by atoms with Gasteiger partial charge in [0.25, 0.3) is 0 Å². The maximum Gasteiger partial charge on any atom is 0.162 e. The molecule has 0 bridgehead atoms. The van der Waals surface area contributed by atoms with Crippen molar-refractivity contribution in [2.75, 3.05) is 6.61 Å². The number of aryl methyl sites for hydroxylation is 1. The fraction of sp³-hybridized carbons (Fsp3) is 0.250. The Morgan fingerprint density at radius 2 is 1.93 bits per heavy atom. The molecule has 2 rings (SSSR count). The number of hydrogen-bond donors (Lipinski definition) is 0. The van der Waals surface area contributed by atoms with E-state index in [1.807, 2.05) is 18.2 Å². The summed E-state index contributed by atoms with van der Waals surface area (Å²) in [6.45, 7) is 2.63. The zero-order valence-electron chi connectivity index (χ0n) is 8.27. The van der Waals surface area contributed by atoms with Gasteiger partial charge < -0.3 is 4.74 Å². The molecule has 0 aromatic heterocycles. The molecule has 0 saturated carbocycles. The van der Waals surface area contributed by atoms with Gasteiger partial charge in [-0.2, -0.15) is 0 Å². The summed E-state index contributed by atoms with van der Waals surface area (Å²) in [4.78, 5) is 10.3. The molecule has 1 aliphatic heterocycles. The Kier molecular flexibility index (Phi) is 4.48. The van der Waals surface area contributed by atoms with Crippen molar-refractivity contribution in [2.45, 2.75) is 13.3 Å². The number of benzene rings is 1. The molecule has 2 nitrogen and oxygen atoms in total. The van der Waals surface area contributed by atoms with E-state index >= 15 is 0 Å². The number of ether oxygens (including phenoxy) is 1. The summed E-state index contributed by atoms with van der Waals surface area (Å²) in [5, 5.41) is 0. The molecule has 14 heavy (non-hydrogen) atoms. The van der Waals surface area contributed by atoms with E-state index in [2.05, 4.69) is 19.1 Å². The smallest absolute Gasteiger partial charge is 0.162 e. The molecule has 0 aliphatic carbocycles. The van der Waals surface area contributed by atoms with Crippen LogP contribution < -0.4 is 0 Å². The molecule has 1 heterocycles. The van der Waals surface area contributed by atoms with Crippen LogP contribution in [0.2, 0.25) is 0 Å². The molecule has 0 N–H and O–H groups in total. The van der Waals surface area contributed by atoms with Crippen molar-refractivity contribution in [3.63, 3.8) is 0 Å². The third-order valence-corrected chi connectivity index (χ3v) is 1.76. The monoisotopic (exact) mass is 190 g/mol. The second kappa shape index (κ2) is 5.97. The fourth-order valence-electron chi connectivity index (χ4n) is 0.969. The highest BCUT2D eigenvalue weighted by Crippen LogP contribution is 1.94. The molecule has 0 amide bonds. The van der Waals surface area contributed by atoms with Crippen LogP contribution in [0.25, 0.3) is 0 Å². The highest BCUT2D eigenvalue weighted by atomic mass is 16.5. The Balaban J connectivity index is 0.000000140. The largest absolute Gasteiger partial charge is 0.501 e. The number of carbonyl (C=O) groups is 1. The Morgan fingerprint density at radius 1 is 1.21 bits per heavy atom. The highest BCUT2D eigenvalue weighted by Gasteiger charge is 1.99. The minimum atomic E-state index is 0.159. The van der Waals surface area contributed by atoms with E-state index < -0.39 is 0 Å². The quantitative estimate of drug-likeness (QED) is 0.628. The van der Waals surface area contributed by atoms with E-state index in [9.17, 15) is 4.79 Å². The summed E-state index contributed by atoms with van der Waals surface area (Å²) in [6.07, 6.45) is 3.42. The molecular formula is C12H14O2. The lowest BCUT2D eigenvalue weighted by molar-refractivity contribution is -0.116. The molecule has 74 valence electrons. The summed E-state index contributed by atoms with van der Waals surface area (Å²) in [5.41, 5.74) is 1.32. The van der Waals surface area contributed by atoms with E-state index in [0.29, 0.717) is 13.0 Å². The van der Waals surface area contributed by atoms with Crippen LogP contribution in [0.15, 0.2) is 42.7 Å². The first kappa shape index (κ1) is 10.5. The maximum atomic E-state index is 10.3. The van der Waals surface area contributed by atoms with Gasteiger partial charge in [0, 0.05) is 12.5 Å². The average Bonchev–Trinajstić information content (AvgIpc) is 2.21. The van der Waals surface area contributed by atoms with Gasteiger partial charge in [-0.3, -0.25) is 4.79 Å². The molecule has 0 unspecified atom stereocenters. The van der Waals surface area contributed by atoms with E-state index in [4.69, 9.17) is 4.74 Å². The van der Waals surface area contributed by atoms with Crippen molar-refractivity contribution in [1.29, 1.82) is 0 Å². The molecule has 1 aromatic rings. The number of ketones is 1. The van der Waals surface area contributed by atoms with Crippen LogP contribution >= 0.6 is 0 Å². The molecule has 0 saturated heterocycles. The molecule has 1 aromatic carbocycles. The SMILES string of the molecule is Cc1ccccc1.O=C1C=COCC1. The van der Waals surface area contributed by atoms with Crippen LogP contribution in [0.5, 0.6) is 0 Å². The number of rotatable bonds is 0. The van der Waals surface area contributed by atoms with E-state index in [1.165, 1.54) is 17.9 Å². The van der Waals surface area contributed by atoms with Gasteiger partial charge in [-0.1, -0.05) is 35.9 Å². The van der Waals surface area contributed by atoms with E-state index in [-0.39, 0.29) is 5.78 Å². The molecule has 0 spiro atoms. The Hall–Kier alpha value is -1.57. The summed E-state index contributed by atoms with van der Waals surface area (Å²) in [6, 6.07) is 10.3. The van der Waals surface area contributed by atoms with Gasteiger partial charge in [0.05, 0.1) is 12.9 Å². The fourth-order valence-corrected chi connectivity index (χ4v) is 0.969. The van der Waals surface area contributed by atoms with Gasteiger partial charge in [-0.25, -0.2) is 0 Å². The molecule has 1 aliphatic rings. The minimum absolute atomic E-state index is 0.159. The summed E-state index contributed by atoms with van der Waals surface area (Å²) in [7, 11) is 0. The first-order chi connectivity index (χ1) is 6.79. The maximum absolute atomic E-state index is 10.3. The number of allylic oxidation sites excluding steroid dienone is 1. The van der Waals surface area contributed by atoms with Crippen molar-refractivity contribution in [3.05, 3.63) is 48.2 Å². The first-order valence-corrected chi connectivity index (χ1v) is 4.61. The lowest BCUT2D eigenvalue weighted by Gasteiger charge is -2.01. The summed E-state index contributed by atoms with van der Waals surface area (Å²) >= 11 is 0. The standard InChI is InChI=1S/C7H8.C5H6O2/c1-7-5-3-2-4-6-7;6-5-1-3-7-4-2-5/h2-6H,1H3;1,3H,2,4H2. The van der Waals surface area contributed by atoms with Gasteiger partial charge in [-0.05, 0) is 6.92 Å². The second-order valence-corrected chi connectivity index (χ2v) is 3.04. The van der Waals surface area contributed by atoms with Gasteiger partial charge in [-0.15, -0.1) is 0 Å². The highest BCUT2D eigenvalue weighted by molar-refractivity contribution is 5.89. The van der Waals surface area contributed by atoms with Crippen molar-refractivity contribution in [1.82, 2.24) is 0 Å². The van der Waals surface area contributed by atoms with Crippen LogP contribution in [-0.2, 0) is 9.53 Å². The van der Waals surface area contributed by atoms with Gasteiger partial charge in [0.2, 0.25) is 0 Å². The van der Waals surface area contributed by atoms with Gasteiger partial charge in [0.1, 0.15) is 0 Å². The third-order valence-electron chi connectivity index (χ3n) is 1.76. The Morgan fingerprint density at radius 3 is 2.21 bits per heavy atom. The van der Waals surface area contributed by atoms with Crippen LogP contribution in [0.4, 0.5) is 0 Å². The van der Waals surface area contributed by atoms with E-state index in [1.54, 1.807) is 0 Å². The van der Waals surface area contributed by atoms with Gasteiger partial charge in [0.15, 0.2) is 5.78 Å². The molecule has 2 heteroatoms. The Labute approximate surface area is 84.2 Å². The average molecular weight is 190 g/mol. The zero-order chi connectivity index (χ0) is 10.2. The molecule has 0 atom stereocenters. The molecule has 0 radical (unpaired) electrons. The van der Waals surface area contributed by atoms with Crippen LogP contribution in [0, 0.1) is 6.92 Å².